The van der Waals surface area contributed by atoms with Crippen molar-refractivity contribution in [3.8, 4) is 11.5 Å². The van der Waals surface area contributed by atoms with Crippen LogP contribution < -0.4 is 19.5 Å². The van der Waals surface area contributed by atoms with Gasteiger partial charge in [0.1, 0.15) is 4.21 Å². The maximum atomic E-state index is 12.7. The van der Waals surface area contributed by atoms with Gasteiger partial charge in [0, 0.05) is 23.0 Å². The van der Waals surface area contributed by atoms with Crippen molar-refractivity contribution in [2.24, 2.45) is 0 Å². The monoisotopic (exact) mass is 432 g/mol. The molecule has 0 aliphatic rings. The lowest BCUT2D eigenvalue weighted by molar-refractivity contribution is 0.102. The molecule has 0 aliphatic heterocycles. The van der Waals surface area contributed by atoms with Crippen LogP contribution in [0.1, 0.15) is 15.9 Å². The van der Waals surface area contributed by atoms with Crippen molar-refractivity contribution >= 4 is 38.6 Å². The molecule has 0 atom stereocenters. The molecule has 1 amide bonds. The molecule has 2 N–H and O–H groups in total. The van der Waals surface area contributed by atoms with Crippen molar-refractivity contribution in [2.45, 2.75) is 11.1 Å². The average Bonchev–Trinajstić information content (AvgIpc) is 3.25. The minimum atomic E-state index is -3.69. The Labute approximate surface area is 173 Å². The number of hydrogen-bond donors (Lipinski definition) is 2. The predicted octanol–water partition coefficient (Wildman–Crippen LogP) is 4.13. The molecule has 0 radical (unpaired) electrons. The molecule has 0 bridgehead atoms. The van der Waals surface area contributed by atoms with Crippen LogP contribution >= 0.6 is 11.3 Å². The van der Waals surface area contributed by atoms with Gasteiger partial charge in [0.25, 0.3) is 15.9 Å². The van der Waals surface area contributed by atoms with Crippen molar-refractivity contribution in [3.63, 3.8) is 0 Å². The minimum Gasteiger partial charge on any atom is -0.493 e. The van der Waals surface area contributed by atoms with Crippen molar-refractivity contribution in [3.05, 3.63) is 65.0 Å². The summed E-state index contributed by atoms with van der Waals surface area (Å²) in [5.74, 6) is 0.677. The summed E-state index contributed by atoms with van der Waals surface area (Å²) >= 11 is 1.12. The topological polar surface area (TPSA) is 93.7 Å². The number of ether oxygens (including phenoxy) is 2. The Balaban J connectivity index is 1.82. The van der Waals surface area contributed by atoms with Gasteiger partial charge in [0.05, 0.1) is 14.2 Å². The molecule has 0 fully saturated rings. The molecular formula is C20H20N2O5S2. The van der Waals surface area contributed by atoms with Crippen molar-refractivity contribution in [2.75, 3.05) is 24.3 Å². The number of carbonyl (C=O) groups excluding carboxylic acids is 1. The van der Waals surface area contributed by atoms with Crippen LogP contribution in [0.5, 0.6) is 11.5 Å². The van der Waals surface area contributed by atoms with Crippen molar-refractivity contribution in [1.29, 1.82) is 0 Å². The Bertz CT molecular complexity index is 1130. The predicted molar refractivity (Wildman–Crippen MR) is 114 cm³/mol. The van der Waals surface area contributed by atoms with Gasteiger partial charge in [-0.2, -0.15) is 0 Å². The van der Waals surface area contributed by atoms with E-state index in [1.165, 1.54) is 26.4 Å². The lowest BCUT2D eigenvalue weighted by Crippen LogP contribution is -2.15. The molecule has 0 unspecified atom stereocenters. The molecule has 1 heterocycles. The second kappa shape index (κ2) is 8.54. The van der Waals surface area contributed by atoms with E-state index in [2.05, 4.69) is 10.0 Å². The van der Waals surface area contributed by atoms with Gasteiger partial charge in [-0.05, 0) is 48.2 Å². The molecule has 0 aliphatic carbocycles. The summed E-state index contributed by atoms with van der Waals surface area (Å²) in [6, 6.07) is 12.9. The van der Waals surface area contributed by atoms with Crippen molar-refractivity contribution < 1.29 is 22.7 Å². The highest BCUT2D eigenvalue weighted by atomic mass is 32.2. The molecule has 3 aromatic rings. The van der Waals surface area contributed by atoms with Crippen LogP contribution in [-0.4, -0.2) is 28.5 Å². The number of nitrogens with one attached hydrogen (secondary N) is 2. The Morgan fingerprint density at radius 1 is 1.00 bits per heavy atom. The van der Waals surface area contributed by atoms with Gasteiger partial charge in [-0.25, -0.2) is 8.42 Å². The number of thiophene rings is 1. The van der Waals surface area contributed by atoms with Gasteiger partial charge in [0.15, 0.2) is 11.5 Å². The van der Waals surface area contributed by atoms with Crippen LogP contribution in [-0.2, 0) is 10.0 Å². The first-order valence-electron chi connectivity index (χ1n) is 8.54. The van der Waals surface area contributed by atoms with Gasteiger partial charge in [-0.3, -0.25) is 9.52 Å². The summed E-state index contributed by atoms with van der Waals surface area (Å²) in [7, 11) is -0.633. The quantitative estimate of drug-likeness (QED) is 0.586. The van der Waals surface area contributed by atoms with E-state index < -0.39 is 10.0 Å². The van der Waals surface area contributed by atoms with E-state index in [1.807, 2.05) is 6.92 Å². The lowest BCUT2D eigenvalue weighted by Gasteiger charge is -2.14. The number of sulfonamides is 1. The van der Waals surface area contributed by atoms with E-state index in [-0.39, 0.29) is 10.1 Å². The highest BCUT2D eigenvalue weighted by Crippen LogP contribution is 2.33. The van der Waals surface area contributed by atoms with Gasteiger partial charge >= 0.3 is 0 Å². The molecule has 9 heteroatoms. The van der Waals surface area contributed by atoms with Crippen LogP contribution in [0.15, 0.2) is 58.1 Å². The number of anilines is 2. The normalized spacial score (nSPS) is 11.0. The van der Waals surface area contributed by atoms with Crippen LogP contribution in [0.2, 0.25) is 0 Å². The molecule has 2 aromatic carbocycles. The summed E-state index contributed by atoms with van der Waals surface area (Å²) in [5.41, 5.74) is 1.98. The molecule has 3 rings (SSSR count). The first-order chi connectivity index (χ1) is 13.8. The second-order valence-electron chi connectivity index (χ2n) is 6.09. The second-order valence-corrected chi connectivity index (χ2v) is 8.95. The average molecular weight is 433 g/mol. The smallest absolute Gasteiger partial charge is 0.271 e. The summed E-state index contributed by atoms with van der Waals surface area (Å²) < 4.78 is 38.0. The molecule has 152 valence electrons. The third kappa shape index (κ3) is 4.69. The minimum absolute atomic E-state index is 0.202. The van der Waals surface area contributed by atoms with Gasteiger partial charge in [-0.1, -0.05) is 12.1 Å². The van der Waals surface area contributed by atoms with E-state index in [1.54, 1.807) is 41.8 Å². The number of rotatable bonds is 7. The zero-order valence-electron chi connectivity index (χ0n) is 16.1. The highest BCUT2D eigenvalue weighted by Gasteiger charge is 2.17. The van der Waals surface area contributed by atoms with Gasteiger partial charge < -0.3 is 14.8 Å². The Kier molecular flexibility index (Phi) is 6.09. The summed E-state index contributed by atoms with van der Waals surface area (Å²) in [6.07, 6.45) is 0. The van der Waals surface area contributed by atoms with Crippen molar-refractivity contribution in [1.82, 2.24) is 0 Å². The van der Waals surface area contributed by atoms with E-state index in [9.17, 15) is 13.2 Å². The highest BCUT2D eigenvalue weighted by molar-refractivity contribution is 7.94. The van der Waals surface area contributed by atoms with Crippen LogP contribution in [0.25, 0.3) is 0 Å². The van der Waals surface area contributed by atoms with Crippen LogP contribution in [0.4, 0.5) is 11.4 Å². The summed E-state index contributed by atoms with van der Waals surface area (Å²) in [4.78, 5) is 12.7. The fourth-order valence-electron chi connectivity index (χ4n) is 2.66. The largest absolute Gasteiger partial charge is 0.493 e. The molecule has 1 aromatic heterocycles. The maximum Gasteiger partial charge on any atom is 0.271 e. The molecule has 29 heavy (non-hydrogen) atoms. The number of aryl methyl sites for hydroxylation is 1. The fourth-order valence-corrected chi connectivity index (χ4v) is 4.70. The Morgan fingerprint density at radius 3 is 2.38 bits per heavy atom. The van der Waals surface area contributed by atoms with Gasteiger partial charge in [-0.15, -0.1) is 11.3 Å². The summed E-state index contributed by atoms with van der Waals surface area (Å²) in [5, 5.41) is 4.50. The number of carbonyl (C=O) groups is 1. The standard InChI is InChI=1S/C20H20N2O5S2/c1-13-10-17(26-2)18(27-3)12-16(13)21-20(23)14-6-4-7-15(11-14)22-29(24,25)19-8-5-9-28-19/h4-12,22H,1-3H3,(H,21,23). The first-order valence-corrected chi connectivity index (χ1v) is 10.9. The first kappa shape index (κ1) is 20.7. The van der Waals surface area contributed by atoms with Crippen LogP contribution in [0.3, 0.4) is 0 Å². The number of benzene rings is 2. The number of methoxy groups -OCH3 is 2. The molecular weight excluding hydrogens is 412 g/mol. The zero-order valence-corrected chi connectivity index (χ0v) is 17.7. The van der Waals surface area contributed by atoms with Crippen LogP contribution in [0, 0.1) is 6.92 Å². The number of hydrogen-bond acceptors (Lipinski definition) is 6. The van der Waals surface area contributed by atoms with E-state index >= 15 is 0 Å². The van der Waals surface area contributed by atoms with E-state index in [4.69, 9.17) is 9.47 Å². The Hall–Kier alpha value is -3.04. The number of amides is 1. The molecule has 0 saturated heterocycles. The fraction of sp³-hybridized carbons (Fsp3) is 0.150. The molecule has 0 spiro atoms. The molecule has 0 saturated carbocycles. The van der Waals surface area contributed by atoms with Gasteiger partial charge in [0.2, 0.25) is 0 Å². The van der Waals surface area contributed by atoms with E-state index in [0.29, 0.717) is 28.4 Å². The zero-order chi connectivity index (χ0) is 21.0. The third-order valence-corrected chi connectivity index (χ3v) is 6.89. The lowest BCUT2D eigenvalue weighted by atomic mass is 10.1. The Morgan fingerprint density at radius 2 is 1.72 bits per heavy atom. The summed E-state index contributed by atoms with van der Waals surface area (Å²) in [6.45, 7) is 1.84. The molecule has 7 nitrogen and oxygen atoms in total. The third-order valence-electron chi connectivity index (χ3n) is 4.12. The SMILES string of the molecule is COc1cc(C)c(NC(=O)c2cccc(NS(=O)(=O)c3cccs3)c2)cc1OC. The van der Waals surface area contributed by atoms with E-state index in [0.717, 1.165) is 16.9 Å². The maximum absolute atomic E-state index is 12.7.